The van der Waals surface area contributed by atoms with E-state index in [-0.39, 0.29) is 28.3 Å². The van der Waals surface area contributed by atoms with E-state index in [9.17, 15) is 36.2 Å². The molecule has 1 aliphatic rings. The smallest absolute Gasteiger partial charge is 0.417 e. The Morgan fingerprint density at radius 2 is 1.71 bits per heavy atom. The van der Waals surface area contributed by atoms with Crippen LogP contribution in [0.2, 0.25) is 0 Å². The number of carboxylic acids is 1. The third kappa shape index (κ3) is 6.41. The summed E-state index contributed by atoms with van der Waals surface area (Å²) < 4.78 is 91.4. The lowest BCUT2D eigenvalue weighted by molar-refractivity contribution is -0.142. The number of piperidine rings is 1. The zero-order chi connectivity index (χ0) is 29.4. The van der Waals surface area contributed by atoms with Gasteiger partial charge in [-0.25, -0.2) is 4.98 Å². The van der Waals surface area contributed by atoms with Gasteiger partial charge >= 0.3 is 18.3 Å². The molecule has 4 aromatic rings. The summed E-state index contributed by atoms with van der Waals surface area (Å²) in [5, 5.41) is 9.22. The Kier molecular flexibility index (Phi) is 7.58. The lowest BCUT2D eigenvalue weighted by atomic mass is 9.96. The van der Waals surface area contributed by atoms with Gasteiger partial charge < -0.3 is 19.2 Å². The van der Waals surface area contributed by atoms with Crippen molar-refractivity contribution in [3.63, 3.8) is 0 Å². The fourth-order valence-electron chi connectivity index (χ4n) is 4.86. The Hall–Kier alpha value is -4.22. The van der Waals surface area contributed by atoms with Gasteiger partial charge in [-0.1, -0.05) is 24.3 Å². The largest absolute Gasteiger partial charge is 0.493 e. The van der Waals surface area contributed by atoms with Crippen molar-refractivity contribution < 1.29 is 45.4 Å². The highest BCUT2D eigenvalue weighted by atomic mass is 19.4. The van der Waals surface area contributed by atoms with Crippen molar-refractivity contribution in [1.82, 2.24) is 4.98 Å². The van der Waals surface area contributed by atoms with E-state index in [1.54, 1.807) is 18.2 Å². The molecule has 6 nitrogen and oxygen atoms in total. The minimum absolute atomic E-state index is 0.00225. The first-order valence-corrected chi connectivity index (χ1v) is 12.8. The number of hydrogen-bond acceptors (Lipinski definition) is 5. The molecule has 0 spiro atoms. The van der Waals surface area contributed by atoms with Crippen molar-refractivity contribution in [2.75, 3.05) is 24.6 Å². The average molecular weight is 579 g/mol. The van der Waals surface area contributed by atoms with Gasteiger partial charge in [0.2, 0.25) is 5.89 Å². The first-order valence-electron chi connectivity index (χ1n) is 12.8. The van der Waals surface area contributed by atoms with Crippen LogP contribution in [0, 0.1) is 5.92 Å². The molecule has 1 saturated heterocycles. The molecule has 1 aromatic heterocycles. The van der Waals surface area contributed by atoms with E-state index in [0.29, 0.717) is 37.0 Å². The predicted molar refractivity (Wildman–Crippen MR) is 139 cm³/mol. The zero-order valence-corrected chi connectivity index (χ0v) is 21.4. The average Bonchev–Trinajstić information content (AvgIpc) is 3.35. The van der Waals surface area contributed by atoms with Crippen LogP contribution in [0.1, 0.15) is 24.8 Å². The number of halogens is 6. The predicted octanol–water partition coefficient (Wildman–Crippen LogP) is 7.81. The van der Waals surface area contributed by atoms with Crippen molar-refractivity contribution in [3.05, 3.63) is 66.2 Å². The molecule has 0 saturated carbocycles. The lowest BCUT2D eigenvalue weighted by Gasteiger charge is -2.31. The van der Waals surface area contributed by atoms with Crippen LogP contribution in [0.3, 0.4) is 0 Å². The molecular formula is C29H24F6N2O4. The Balaban J connectivity index is 1.44. The topological polar surface area (TPSA) is 75.8 Å². The number of carbonyl (C=O) groups is 1. The number of rotatable bonds is 7. The standard InChI is InChI=1S/C29H24F6N2O4/c30-28(31,32)11-14-40-24-4-2-1-3-21(24)20-7-5-18(15-22(20)29(33,34)35)26-36-23-16-19(6-8-25(23)41-26)37-12-9-17(10-13-37)27(38)39/h1-8,15-17H,9-14H2,(H,38,39). The van der Waals surface area contributed by atoms with Crippen LogP contribution < -0.4 is 9.64 Å². The number of anilines is 1. The second-order valence-corrected chi connectivity index (χ2v) is 9.74. The Bertz CT molecular complexity index is 1560. The third-order valence-electron chi connectivity index (χ3n) is 6.97. The van der Waals surface area contributed by atoms with Crippen LogP contribution in [0.4, 0.5) is 32.0 Å². The minimum atomic E-state index is -4.80. The molecule has 1 fully saturated rings. The molecule has 3 aromatic carbocycles. The first-order chi connectivity index (χ1) is 19.4. The molecule has 216 valence electrons. The lowest BCUT2D eigenvalue weighted by Crippen LogP contribution is -2.36. The highest BCUT2D eigenvalue weighted by Gasteiger charge is 2.35. The number of para-hydroxylation sites is 1. The van der Waals surface area contributed by atoms with Gasteiger partial charge in [-0.05, 0) is 54.8 Å². The number of fused-ring (bicyclic) bond motifs is 1. The summed E-state index contributed by atoms with van der Waals surface area (Å²) in [5.41, 5.74) is 0.385. The van der Waals surface area contributed by atoms with Crippen LogP contribution in [-0.2, 0) is 11.0 Å². The molecule has 1 N–H and O–H groups in total. The molecule has 0 radical (unpaired) electrons. The number of carboxylic acid groups (broad SMARTS) is 1. The van der Waals surface area contributed by atoms with Gasteiger partial charge in [-0.2, -0.15) is 26.3 Å². The summed E-state index contributed by atoms with van der Waals surface area (Å²) >= 11 is 0. The van der Waals surface area contributed by atoms with Gasteiger partial charge in [-0.15, -0.1) is 0 Å². The number of nitrogens with zero attached hydrogens (tertiary/aromatic N) is 2. The van der Waals surface area contributed by atoms with Gasteiger partial charge in [-0.3, -0.25) is 4.79 Å². The van der Waals surface area contributed by atoms with Crippen molar-refractivity contribution in [3.8, 4) is 28.3 Å². The van der Waals surface area contributed by atoms with Crippen LogP contribution in [0.25, 0.3) is 33.7 Å². The molecule has 12 heteroatoms. The number of hydrogen-bond donors (Lipinski definition) is 1. The number of alkyl halides is 6. The van der Waals surface area contributed by atoms with Crippen molar-refractivity contribution >= 4 is 22.8 Å². The monoisotopic (exact) mass is 578 g/mol. The molecule has 2 heterocycles. The Labute approximate surface area is 230 Å². The summed E-state index contributed by atoms with van der Waals surface area (Å²) in [6, 6.07) is 14.3. The third-order valence-corrected chi connectivity index (χ3v) is 6.97. The second-order valence-electron chi connectivity index (χ2n) is 9.74. The van der Waals surface area contributed by atoms with Crippen LogP contribution in [-0.4, -0.2) is 41.9 Å². The fourth-order valence-corrected chi connectivity index (χ4v) is 4.86. The van der Waals surface area contributed by atoms with E-state index in [2.05, 4.69) is 4.98 Å². The van der Waals surface area contributed by atoms with E-state index < -0.39 is 42.8 Å². The maximum Gasteiger partial charge on any atom is 0.417 e. The highest BCUT2D eigenvalue weighted by Crippen LogP contribution is 2.42. The summed E-state index contributed by atoms with van der Waals surface area (Å²) in [5.74, 6) is -1.34. The van der Waals surface area contributed by atoms with E-state index >= 15 is 0 Å². The fraction of sp³-hybridized carbons (Fsp3) is 0.310. The summed E-state index contributed by atoms with van der Waals surface area (Å²) in [4.78, 5) is 17.7. The normalized spacial score (nSPS) is 14.9. The SMILES string of the molecule is O=C(O)C1CCN(c2ccc3oc(-c4ccc(-c5ccccc5OCCC(F)(F)F)c(C(F)(F)F)c4)nc3c2)CC1. The number of ether oxygens (including phenoxy) is 1. The zero-order valence-electron chi connectivity index (χ0n) is 21.4. The summed E-state index contributed by atoms with van der Waals surface area (Å²) in [6.07, 6.45) is -9.51. The van der Waals surface area contributed by atoms with Crippen LogP contribution in [0.5, 0.6) is 5.75 Å². The molecule has 41 heavy (non-hydrogen) atoms. The van der Waals surface area contributed by atoms with E-state index in [1.807, 2.05) is 4.90 Å². The number of oxazole rings is 1. The molecular weight excluding hydrogens is 554 g/mol. The molecule has 5 rings (SSSR count). The maximum absolute atomic E-state index is 14.2. The van der Waals surface area contributed by atoms with Crippen molar-refractivity contribution in [2.45, 2.75) is 31.6 Å². The highest BCUT2D eigenvalue weighted by molar-refractivity contribution is 5.82. The van der Waals surface area contributed by atoms with Crippen LogP contribution in [0.15, 0.2) is 65.1 Å². The number of aromatic nitrogens is 1. The van der Waals surface area contributed by atoms with Gasteiger partial charge in [0.25, 0.3) is 0 Å². The molecule has 0 bridgehead atoms. The molecule has 0 amide bonds. The van der Waals surface area contributed by atoms with Gasteiger partial charge in [0, 0.05) is 29.9 Å². The van der Waals surface area contributed by atoms with Crippen molar-refractivity contribution in [1.29, 1.82) is 0 Å². The first kappa shape index (κ1) is 28.3. The quantitative estimate of drug-likeness (QED) is 0.226. The number of benzene rings is 3. The van der Waals surface area contributed by atoms with E-state index in [1.165, 1.54) is 36.4 Å². The molecule has 0 aliphatic carbocycles. The second kappa shape index (κ2) is 11.0. The molecule has 0 atom stereocenters. The van der Waals surface area contributed by atoms with Gasteiger partial charge in [0.15, 0.2) is 5.58 Å². The minimum Gasteiger partial charge on any atom is -0.493 e. The van der Waals surface area contributed by atoms with Gasteiger partial charge in [0.05, 0.1) is 24.5 Å². The molecule has 0 unspecified atom stereocenters. The Morgan fingerprint density at radius 1 is 0.976 bits per heavy atom. The molecule has 1 aliphatic heterocycles. The van der Waals surface area contributed by atoms with E-state index in [4.69, 9.17) is 9.15 Å². The summed E-state index contributed by atoms with van der Waals surface area (Å²) in [7, 11) is 0. The van der Waals surface area contributed by atoms with Crippen molar-refractivity contribution in [2.24, 2.45) is 5.92 Å². The van der Waals surface area contributed by atoms with Gasteiger partial charge in [0.1, 0.15) is 11.3 Å². The van der Waals surface area contributed by atoms with Crippen LogP contribution >= 0.6 is 0 Å². The summed E-state index contributed by atoms with van der Waals surface area (Å²) in [6.45, 7) is 0.359. The number of aliphatic carboxylic acids is 1. The van der Waals surface area contributed by atoms with E-state index in [0.717, 1.165) is 11.8 Å². The Morgan fingerprint density at radius 3 is 2.39 bits per heavy atom. The maximum atomic E-state index is 14.2.